The van der Waals surface area contributed by atoms with Crippen LogP contribution in [-0.4, -0.2) is 41.2 Å². The number of amides is 3. The van der Waals surface area contributed by atoms with Crippen molar-refractivity contribution < 1.29 is 14.4 Å². The van der Waals surface area contributed by atoms with Crippen molar-refractivity contribution in [2.75, 3.05) is 6.54 Å². The van der Waals surface area contributed by atoms with Gasteiger partial charge in [0.2, 0.25) is 11.8 Å². The maximum atomic E-state index is 13.0. The summed E-state index contributed by atoms with van der Waals surface area (Å²) in [6, 6.07) is 14.8. The zero-order valence-electron chi connectivity index (χ0n) is 20.6. The summed E-state index contributed by atoms with van der Waals surface area (Å²) in [6.07, 6.45) is 8.80. The first-order chi connectivity index (χ1) is 17.5. The molecule has 2 aliphatic heterocycles. The second-order valence-electron chi connectivity index (χ2n) is 11.0. The molecule has 188 valence electrons. The topological polar surface area (TPSA) is 78.5 Å². The van der Waals surface area contributed by atoms with Crippen LogP contribution in [0.2, 0.25) is 0 Å². The molecule has 1 atom stereocenters. The van der Waals surface area contributed by atoms with Gasteiger partial charge in [-0.2, -0.15) is 0 Å². The molecule has 2 aromatic carbocycles. The molecular formula is C29H33N3O3S. The minimum Gasteiger partial charge on any atom is -0.322 e. The van der Waals surface area contributed by atoms with Gasteiger partial charge in [-0.3, -0.25) is 19.7 Å². The molecule has 0 radical (unpaired) electrons. The highest BCUT2D eigenvalue weighted by Crippen LogP contribution is 2.55. The van der Waals surface area contributed by atoms with Crippen molar-refractivity contribution in [3.63, 3.8) is 0 Å². The van der Waals surface area contributed by atoms with Gasteiger partial charge >= 0.3 is 0 Å². The van der Waals surface area contributed by atoms with Crippen LogP contribution >= 0.6 is 11.8 Å². The van der Waals surface area contributed by atoms with Gasteiger partial charge < -0.3 is 10.2 Å². The van der Waals surface area contributed by atoms with Crippen LogP contribution in [0, 0.1) is 5.41 Å². The van der Waals surface area contributed by atoms with Crippen molar-refractivity contribution in [3.8, 4) is 0 Å². The lowest BCUT2D eigenvalue weighted by Crippen LogP contribution is -2.52. The molecule has 2 aromatic rings. The highest BCUT2D eigenvalue weighted by molar-refractivity contribution is 7.98. The Kier molecular flexibility index (Phi) is 6.38. The normalized spacial score (nSPS) is 22.8. The Labute approximate surface area is 216 Å². The zero-order valence-corrected chi connectivity index (χ0v) is 21.4. The van der Waals surface area contributed by atoms with E-state index in [0.29, 0.717) is 18.5 Å². The molecule has 3 fully saturated rings. The SMILES string of the molecule is O=C1CCC(N2Cc3c(SCc4ccc(CCNC5CC6(CCC6)C5)cc4)cccc3C2=O)C(=O)N1. The largest absolute Gasteiger partial charge is 0.322 e. The third kappa shape index (κ3) is 4.59. The number of benzene rings is 2. The third-order valence-electron chi connectivity index (χ3n) is 8.58. The summed E-state index contributed by atoms with van der Waals surface area (Å²) in [6.45, 7) is 1.46. The van der Waals surface area contributed by atoms with E-state index >= 15 is 0 Å². The molecule has 1 unspecified atom stereocenters. The van der Waals surface area contributed by atoms with Crippen molar-refractivity contribution in [1.82, 2.24) is 15.5 Å². The van der Waals surface area contributed by atoms with Crippen molar-refractivity contribution >= 4 is 29.5 Å². The minimum atomic E-state index is -0.578. The Bertz CT molecular complexity index is 1180. The Hall–Kier alpha value is -2.64. The molecule has 3 amide bonds. The fourth-order valence-electron chi connectivity index (χ4n) is 6.29. The average molecular weight is 504 g/mol. The Morgan fingerprint density at radius 1 is 1.03 bits per heavy atom. The number of imide groups is 1. The molecule has 6 nitrogen and oxygen atoms in total. The average Bonchev–Trinajstić information content (AvgIpc) is 3.15. The van der Waals surface area contributed by atoms with Crippen molar-refractivity contribution in [2.45, 2.75) is 80.6 Å². The van der Waals surface area contributed by atoms with E-state index in [1.165, 1.54) is 43.2 Å². The molecule has 2 aliphatic carbocycles. The van der Waals surface area contributed by atoms with Gasteiger partial charge in [0.15, 0.2) is 0 Å². The van der Waals surface area contributed by atoms with Gasteiger partial charge in [0.05, 0.1) is 0 Å². The Balaban J connectivity index is 1.02. The molecule has 1 spiro atoms. The molecule has 0 aromatic heterocycles. The molecule has 2 heterocycles. The lowest BCUT2D eigenvalue weighted by molar-refractivity contribution is -0.136. The fraction of sp³-hybridized carbons (Fsp3) is 0.483. The van der Waals surface area contributed by atoms with Gasteiger partial charge in [-0.05, 0) is 79.3 Å². The highest BCUT2D eigenvalue weighted by atomic mass is 32.2. The second-order valence-corrected chi connectivity index (χ2v) is 12.0. The van der Waals surface area contributed by atoms with Crippen molar-refractivity contribution in [1.29, 1.82) is 0 Å². The number of nitrogens with zero attached hydrogens (tertiary/aromatic N) is 1. The van der Waals surface area contributed by atoms with E-state index in [9.17, 15) is 14.4 Å². The van der Waals surface area contributed by atoms with Gasteiger partial charge in [-0.15, -0.1) is 11.8 Å². The number of hydrogen-bond acceptors (Lipinski definition) is 5. The molecule has 2 saturated carbocycles. The minimum absolute atomic E-state index is 0.121. The van der Waals surface area contributed by atoms with Gasteiger partial charge in [-0.1, -0.05) is 36.8 Å². The molecule has 6 rings (SSSR count). The number of rotatable bonds is 8. The molecular weight excluding hydrogens is 470 g/mol. The summed E-state index contributed by atoms with van der Waals surface area (Å²) in [4.78, 5) is 39.6. The van der Waals surface area contributed by atoms with Crippen LogP contribution in [0.1, 0.15) is 72.0 Å². The maximum Gasteiger partial charge on any atom is 0.255 e. The molecule has 4 aliphatic rings. The van der Waals surface area contributed by atoms with Crippen LogP contribution in [0.3, 0.4) is 0 Å². The second kappa shape index (κ2) is 9.67. The molecule has 36 heavy (non-hydrogen) atoms. The van der Waals surface area contributed by atoms with E-state index in [0.717, 1.165) is 40.6 Å². The summed E-state index contributed by atoms with van der Waals surface area (Å²) < 4.78 is 0. The number of piperidine rings is 1. The molecule has 1 saturated heterocycles. The lowest BCUT2D eigenvalue weighted by atomic mass is 9.54. The number of thioether (sulfide) groups is 1. The molecule has 2 N–H and O–H groups in total. The first-order valence-electron chi connectivity index (χ1n) is 13.2. The number of nitrogens with one attached hydrogen (secondary N) is 2. The van der Waals surface area contributed by atoms with Crippen molar-refractivity contribution in [2.24, 2.45) is 5.41 Å². The van der Waals surface area contributed by atoms with Crippen LogP contribution in [0.4, 0.5) is 0 Å². The summed E-state index contributed by atoms with van der Waals surface area (Å²) in [7, 11) is 0. The summed E-state index contributed by atoms with van der Waals surface area (Å²) in [5, 5.41) is 6.10. The standard InChI is InChI=1S/C29H33N3O3S/c33-26-10-9-24(27(34)31-26)32-17-23-22(28(32)35)3-1-4-25(23)36-18-20-7-5-19(6-8-20)11-14-30-21-15-29(16-21)12-2-13-29/h1,3-8,21,24,30H,2,9-18H2,(H,31,33,34). The van der Waals surface area contributed by atoms with Gasteiger partial charge in [-0.25, -0.2) is 0 Å². The quantitative estimate of drug-likeness (QED) is 0.417. The number of carbonyl (C=O) groups excluding carboxylic acids is 3. The first-order valence-corrected chi connectivity index (χ1v) is 14.2. The van der Waals surface area contributed by atoms with E-state index in [-0.39, 0.29) is 24.1 Å². The Morgan fingerprint density at radius 2 is 1.81 bits per heavy atom. The summed E-state index contributed by atoms with van der Waals surface area (Å²) in [5.74, 6) is 0.0712. The van der Waals surface area contributed by atoms with E-state index in [2.05, 4.69) is 41.0 Å². The van der Waals surface area contributed by atoms with E-state index in [1.807, 2.05) is 12.1 Å². The maximum absolute atomic E-state index is 13.0. The highest BCUT2D eigenvalue weighted by Gasteiger charge is 2.47. The number of fused-ring (bicyclic) bond motifs is 1. The van der Waals surface area contributed by atoms with Crippen LogP contribution in [0.15, 0.2) is 47.4 Å². The van der Waals surface area contributed by atoms with Crippen LogP contribution in [-0.2, 0) is 28.3 Å². The smallest absolute Gasteiger partial charge is 0.255 e. The third-order valence-corrected chi connectivity index (χ3v) is 9.75. The molecule has 7 heteroatoms. The predicted molar refractivity (Wildman–Crippen MR) is 140 cm³/mol. The summed E-state index contributed by atoms with van der Waals surface area (Å²) >= 11 is 1.73. The predicted octanol–water partition coefficient (Wildman–Crippen LogP) is 4.20. The van der Waals surface area contributed by atoms with Crippen LogP contribution < -0.4 is 10.6 Å². The van der Waals surface area contributed by atoms with Gasteiger partial charge in [0, 0.05) is 35.2 Å². The van der Waals surface area contributed by atoms with Gasteiger partial charge in [0.1, 0.15) is 6.04 Å². The number of hydrogen-bond donors (Lipinski definition) is 2. The fourth-order valence-corrected chi connectivity index (χ4v) is 7.33. The monoisotopic (exact) mass is 503 g/mol. The van der Waals surface area contributed by atoms with E-state index in [4.69, 9.17) is 0 Å². The van der Waals surface area contributed by atoms with E-state index < -0.39 is 6.04 Å². The summed E-state index contributed by atoms with van der Waals surface area (Å²) in [5.41, 5.74) is 5.00. The van der Waals surface area contributed by atoms with E-state index in [1.54, 1.807) is 16.7 Å². The zero-order chi connectivity index (χ0) is 24.7. The molecule has 0 bridgehead atoms. The van der Waals surface area contributed by atoms with Crippen LogP contribution in [0.5, 0.6) is 0 Å². The van der Waals surface area contributed by atoms with Gasteiger partial charge in [0.25, 0.3) is 5.91 Å². The number of carbonyl (C=O) groups is 3. The van der Waals surface area contributed by atoms with Crippen molar-refractivity contribution in [3.05, 3.63) is 64.7 Å². The van der Waals surface area contributed by atoms with Crippen LogP contribution in [0.25, 0.3) is 0 Å². The Morgan fingerprint density at radius 3 is 2.53 bits per heavy atom. The first kappa shape index (κ1) is 23.7. The lowest BCUT2D eigenvalue weighted by Gasteiger charge is -2.54.